The van der Waals surface area contributed by atoms with Gasteiger partial charge < -0.3 is 10.2 Å². The summed E-state index contributed by atoms with van der Waals surface area (Å²) in [6.07, 6.45) is 1.92. The molecule has 41 heavy (non-hydrogen) atoms. The number of halogens is 3. The maximum atomic E-state index is 14.2. The molecule has 3 rings (SSSR count). The van der Waals surface area contributed by atoms with Crippen molar-refractivity contribution < 1.29 is 18.0 Å². The standard InChI is InChI=1S/C30H34Cl3N3O4S/c1-5-21(3)34-30(38)28(15-22-9-7-6-8-10-22)35(18-23-12-14-24(31)16-26(23)33)29(37)19-36(41(4,39)40)27-17-25(32)13-11-20(27)2/h6-14,16-17,21,28H,5,15,18-19H2,1-4H3,(H,34,38)/t21-,28-/m0/s1. The summed E-state index contributed by atoms with van der Waals surface area (Å²) < 4.78 is 27.0. The Morgan fingerprint density at radius 3 is 2.20 bits per heavy atom. The largest absolute Gasteiger partial charge is 0.352 e. The second kappa shape index (κ2) is 14.4. The monoisotopic (exact) mass is 637 g/mol. The van der Waals surface area contributed by atoms with E-state index in [0.717, 1.165) is 16.1 Å². The summed E-state index contributed by atoms with van der Waals surface area (Å²) in [6, 6.07) is 17.9. The van der Waals surface area contributed by atoms with E-state index in [-0.39, 0.29) is 30.6 Å². The van der Waals surface area contributed by atoms with Crippen LogP contribution >= 0.6 is 34.8 Å². The zero-order chi connectivity index (χ0) is 30.3. The predicted octanol–water partition coefficient (Wildman–Crippen LogP) is 6.28. The molecule has 220 valence electrons. The van der Waals surface area contributed by atoms with Gasteiger partial charge in [0.05, 0.1) is 11.9 Å². The third kappa shape index (κ3) is 9.10. The Hall–Kier alpha value is -2.78. The fourth-order valence-corrected chi connectivity index (χ4v) is 5.81. The number of carbonyl (C=O) groups excluding carboxylic acids is 2. The van der Waals surface area contributed by atoms with Crippen molar-refractivity contribution in [2.24, 2.45) is 0 Å². The van der Waals surface area contributed by atoms with E-state index in [1.807, 2.05) is 44.2 Å². The fourth-order valence-electron chi connectivity index (χ4n) is 4.27. The average Bonchev–Trinajstić information content (AvgIpc) is 2.91. The highest BCUT2D eigenvalue weighted by Gasteiger charge is 2.34. The van der Waals surface area contributed by atoms with Crippen molar-refractivity contribution in [3.8, 4) is 0 Å². The van der Waals surface area contributed by atoms with Crippen LogP contribution in [0.4, 0.5) is 5.69 Å². The molecule has 0 unspecified atom stereocenters. The minimum Gasteiger partial charge on any atom is -0.352 e. The van der Waals surface area contributed by atoms with Crippen molar-refractivity contribution in [2.75, 3.05) is 17.1 Å². The van der Waals surface area contributed by atoms with Gasteiger partial charge in [-0.05, 0) is 61.2 Å². The van der Waals surface area contributed by atoms with Gasteiger partial charge in [0.2, 0.25) is 21.8 Å². The summed E-state index contributed by atoms with van der Waals surface area (Å²) in [7, 11) is -3.92. The van der Waals surface area contributed by atoms with Gasteiger partial charge in [0.25, 0.3) is 0 Å². The van der Waals surface area contributed by atoms with Gasteiger partial charge in [0, 0.05) is 34.1 Å². The van der Waals surface area contributed by atoms with Crippen LogP contribution in [-0.4, -0.2) is 50.0 Å². The summed E-state index contributed by atoms with van der Waals surface area (Å²) in [6.45, 7) is 4.97. The van der Waals surface area contributed by atoms with E-state index in [1.54, 1.807) is 37.3 Å². The van der Waals surface area contributed by atoms with Crippen LogP contribution in [0.1, 0.15) is 37.0 Å². The minimum atomic E-state index is -3.92. The molecule has 0 radical (unpaired) electrons. The Labute approximate surface area is 257 Å². The zero-order valence-corrected chi connectivity index (χ0v) is 26.5. The molecule has 2 atom stereocenters. The molecule has 0 bridgehead atoms. The summed E-state index contributed by atoms with van der Waals surface area (Å²) in [5.41, 5.74) is 2.29. The first-order valence-electron chi connectivity index (χ1n) is 13.1. The Kier molecular flexibility index (Phi) is 11.5. The quantitative estimate of drug-likeness (QED) is 0.253. The van der Waals surface area contributed by atoms with Crippen LogP contribution in [0.15, 0.2) is 66.7 Å². The van der Waals surface area contributed by atoms with E-state index in [2.05, 4.69) is 5.32 Å². The number of rotatable bonds is 12. The third-order valence-electron chi connectivity index (χ3n) is 6.75. The van der Waals surface area contributed by atoms with Crippen LogP contribution in [0.3, 0.4) is 0 Å². The van der Waals surface area contributed by atoms with Gasteiger partial charge in [-0.3, -0.25) is 13.9 Å². The molecule has 3 aromatic carbocycles. The van der Waals surface area contributed by atoms with E-state index in [4.69, 9.17) is 34.8 Å². The van der Waals surface area contributed by atoms with Crippen LogP contribution in [0.5, 0.6) is 0 Å². The molecular formula is C30H34Cl3N3O4S. The molecule has 0 fully saturated rings. The van der Waals surface area contributed by atoms with Gasteiger partial charge in [0.15, 0.2) is 0 Å². The second-order valence-electron chi connectivity index (χ2n) is 9.98. The Morgan fingerprint density at radius 1 is 0.951 bits per heavy atom. The molecule has 0 saturated heterocycles. The Balaban J connectivity index is 2.12. The number of nitrogens with one attached hydrogen (secondary N) is 1. The molecule has 0 saturated carbocycles. The van der Waals surface area contributed by atoms with Crippen molar-refractivity contribution in [3.05, 3.63) is 98.5 Å². The molecule has 0 heterocycles. The summed E-state index contributed by atoms with van der Waals surface area (Å²) in [4.78, 5) is 29.3. The van der Waals surface area contributed by atoms with Crippen molar-refractivity contribution >= 4 is 62.3 Å². The highest BCUT2D eigenvalue weighted by molar-refractivity contribution is 7.92. The molecule has 2 amide bonds. The lowest BCUT2D eigenvalue weighted by Gasteiger charge is -2.34. The van der Waals surface area contributed by atoms with Crippen LogP contribution < -0.4 is 9.62 Å². The SMILES string of the molecule is CC[C@H](C)NC(=O)[C@H](Cc1ccccc1)N(Cc1ccc(Cl)cc1Cl)C(=O)CN(c1cc(Cl)ccc1C)S(C)(=O)=O. The van der Waals surface area contributed by atoms with Gasteiger partial charge in [0.1, 0.15) is 12.6 Å². The van der Waals surface area contributed by atoms with E-state index in [1.165, 1.54) is 11.0 Å². The summed E-state index contributed by atoms with van der Waals surface area (Å²) in [5, 5.41) is 4.06. The third-order valence-corrected chi connectivity index (χ3v) is 8.70. The number of benzene rings is 3. The highest BCUT2D eigenvalue weighted by Crippen LogP contribution is 2.28. The van der Waals surface area contributed by atoms with Gasteiger partial charge in [-0.1, -0.05) is 84.2 Å². The molecule has 0 aliphatic heterocycles. The first-order valence-corrected chi connectivity index (χ1v) is 16.1. The highest BCUT2D eigenvalue weighted by atomic mass is 35.5. The molecular weight excluding hydrogens is 605 g/mol. The molecule has 1 N–H and O–H groups in total. The van der Waals surface area contributed by atoms with Gasteiger partial charge >= 0.3 is 0 Å². The van der Waals surface area contributed by atoms with Crippen molar-refractivity contribution in [1.29, 1.82) is 0 Å². The van der Waals surface area contributed by atoms with Crippen molar-refractivity contribution in [3.63, 3.8) is 0 Å². The molecule has 0 spiro atoms. The molecule has 0 aromatic heterocycles. The summed E-state index contributed by atoms with van der Waals surface area (Å²) in [5.74, 6) is -0.937. The number of hydrogen-bond acceptors (Lipinski definition) is 4. The van der Waals surface area contributed by atoms with E-state index in [9.17, 15) is 18.0 Å². The van der Waals surface area contributed by atoms with Crippen LogP contribution in [0.25, 0.3) is 0 Å². The van der Waals surface area contributed by atoms with Crippen LogP contribution in [0, 0.1) is 6.92 Å². The van der Waals surface area contributed by atoms with E-state index >= 15 is 0 Å². The van der Waals surface area contributed by atoms with Gasteiger partial charge in [-0.25, -0.2) is 8.42 Å². The second-order valence-corrected chi connectivity index (χ2v) is 13.2. The number of sulfonamides is 1. The molecule has 7 nitrogen and oxygen atoms in total. The number of aryl methyl sites for hydroxylation is 1. The lowest BCUT2D eigenvalue weighted by Crippen LogP contribution is -2.54. The van der Waals surface area contributed by atoms with Crippen molar-refractivity contribution in [2.45, 2.75) is 52.2 Å². The maximum Gasteiger partial charge on any atom is 0.244 e. The normalized spacial score (nSPS) is 12.9. The lowest BCUT2D eigenvalue weighted by atomic mass is 10.0. The van der Waals surface area contributed by atoms with Gasteiger partial charge in [-0.2, -0.15) is 0 Å². The molecule has 3 aromatic rings. The predicted molar refractivity (Wildman–Crippen MR) is 167 cm³/mol. The molecule has 0 aliphatic carbocycles. The number of amides is 2. The fraction of sp³-hybridized carbons (Fsp3) is 0.333. The number of hydrogen-bond donors (Lipinski definition) is 1. The van der Waals surface area contributed by atoms with Crippen LogP contribution in [0.2, 0.25) is 15.1 Å². The van der Waals surface area contributed by atoms with Gasteiger partial charge in [-0.15, -0.1) is 0 Å². The van der Waals surface area contributed by atoms with E-state index in [0.29, 0.717) is 32.6 Å². The number of anilines is 1. The smallest absolute Gasteiger partial charge is 0.244 e. The Bertz CT molecular complexity index is 1490. The first kappa shape index (κ1) is 32.7. The van der Waals surface area contributed by atoms with Crippen LogP contribution in [-0.2, 0) is 32.6 Å². The molecule has 0 aliphatic rings. The topological polar surface area (TPSA) is 86.8 Å². The Morgan fingerprint density at radius 2 is 1.59 bits per heavy atom. The zero-order valence-electron chi connectivity index (χ0n) is 23.4. The summed E-state index contributed by atoms with van der Waals surface area (Å²) >= 11 is 18.8. The lowest BCUT2D eigenvalue weighted by molar-refractivity contribution is -0.140. The average molecular weight is 639 g/mol. The van der Waals surface area contributed by atoms with E-state index < -0.39 is 28.5 Å². The van der Waals surface area contributed by atoms with Crippen molar-refractivity contribution in [1.82, 2.24) is 10.2 Å². The maximum absolute atomic E-state index is 14.2. The first-order chi connectivity index (χ1) is 19.3. The number of nitrogens with zero attached hydrogens (tertiary/aromatic N) is 2. The molecule has 11 heteroatoms. The minimum absolute atomic E-state index is 0.0492. The number of carbonyl (C=O) groups is 2.